The van der Waals surface area contributed by atoms with Gasteiger partial charge in [0.15, 0.2) is 0 Å². The van der Waals surface area contributed by atoms with Crippen LogP contribution in [0.25, 0.3) is 11.3 Å². The van der Waals surface area contributed by atoms with E-state index in [9.17, 15) is 0 Å². The Labute approximate surface area is 108 Å². The molecule has 1 aromatic heterocycles. The molecular formula is C15H19N3. The van der Waals surface area contributed by atoms with E-state index in [0.29, 0.717) is 6.04 Å². The fourth-order valence-electron chi connectivity index (χ4n) is 2.76. The summed E-state index contributed by atoms with van der Waals surface area (Å²) in [6, 6.07) is 8.98. The van der Waals surface area contributed by atoms with Gasteiger partial charge in [0.1, 0.15) is 0 Å². The van der Waals surface area contributed by atoms with Crippen molar-refractivity contribution < 1.29 is 0 Å². The van der Waals surface area contributed by atoms with E-state index in [-0.39, 0.29) is 0 Å². The van der Waals surface area contributed by atoms with Crippen molar-refractivity contribution in [3.63, 3.8) is 0 Å². The summed E-state index contributed by atoms with van der Waals surface area (Å²) in [5, 5.41) is 11.2. The molecule has 0 saturated carbocycles. The highest BCUT2D eigenvalue weighted by atomic mass is 15.1. The number of hydrogen-bond donors (Lipinski definition) is 2. The first-order chi connectivity index (χ1) is 8.75. The van der Waals surface area contributed by atoms with Crippen molar-refractivity contribution >= 4 is 0 Å². The second-order valence-electron chi connectivity index (χ2n) is 5.13. The van der Waals surface area contributed by atoms with Gasteiger partial charge in [0.2, 0.25) is 0 Å². The summed E-state index contributed by atoms with van der Waals surface area (Å²) < 4.78 is 0. The quantitative estimate of drug-likeness (QED) is 0.848. The first-order valence-electron chi connectivity index (χ1n) is 6.61. The molecule has 1 atom stereocenters. The van der Waals surface area contributed by atoms with Crippen molar-refractivity contribution in [3.05, 3.63) is 41.1 Å². The topological polar surface area (TPSA) is 40.7 Å². The first kappa shape index (κ1) is 11.5. The summed E-state index contributed by atoms with van der Waals surface area (Å²) in [5.74, 6) is 0. The molecule has 3 nitrogen and oxygen atoms in total. The SMILES string of the molecule is Cc1cccc(-c2n[nH]c(C3CCCN3)c2C)c1. The molecule has 3 heteroatoms. The molecule has 3 rings (SSSR count). The van der Waals surface area contributed by atoms with Crippen LogP contribution in [0.2, 0.25) is 0 Å². The minimum atomic E-state index is 0.455. The number of H-pyrrole nitrogens is 1. The second kappa shape index (κ2) is 4.58. The minimum absolute atomic E-state index is 0.455. The Balaban J connectivity index is 1.98. The molecule has 0 bridgehead atoms. The van der Waals surface area contributed by atoms with Crippen LogP contribution in [-0.4, -0.2) is 16.7 Å². The number of aryl methyl sites for hydroxylation is 1. The zero-order chi connectivity index (χ0) is 12.5. The zero-order valence-corrected chi connectivity index (χ0v) is 11.0. The Hall–Kier alpha value is -1.61. The second-order valence-corrected chi connectivity index (χ2v) is 5.13. The van der Waals surface area contributed by atoms with Crippen LogP contribution in [0, 0.1) is 13.8 Å². The zero-order valence-electron chi connectivity index (χ0n) is 11.0. The van der Waals surface area contributed by atoms with E-state index < -0.39 is 0 Å². The van der Waals surface area contributed by atoms with E-state index in [2.05, 4.69) is 53.6 Å². The molecule has 2 N–H and O–H groups in total. The Morgan fingerprint density at radius 3 is 2.89 bits per heavy atom. The van der Waals surface area contributed by atoms with Crippen LogP contribution in [0.3, 0.4) is 0 Å². The smallest absolute Gasteiger partial charge is 0.0953 e. The molecule has 1 saturated heterocycles. The number of aromatic nitrogens is 2. The number of benzene rings is 1. The summed E-state index contributed by atoms with van der Waals surface area (Å²) in [4.78, 5) is 0. The maximum absolute atomic E-state index is 4.51. The van der Waals surface area contributed by atoms with E-state index >= 15 is 0 Å². The van der Waals surface area contributed by atoms with Gasteiger partial charge in [0.25, 0.3) is 0 Å². The number of aromatic amines is 1. The average Bonchev–Trinajstić information content (AvgIpc) is 2.97. The van der Waals surface area contributed by atoms with Crippen molar-refractivity contribution in [2.24, 2.45) is 0 Å². The van der Waals surface area contributed by atoms with Gasteiger partial charge in [-0.2, -0.15) is 5.10 Å². The molecule has 18 heavy (non-hydrogen) atoms. The van der Waals surface area contributed by atoms with Crippen LogP contribution in [-0.2, 0) is 0 Å². The number of nitrogens with zero attached hydrogens (tertiary/aromatic N) is 1. The van der Waals surface area contributed by atoms with E-state index in [1.807, 2.05) is 0 Å². The summed E-state index contributed by atoms with van der Waals surface area (Å²) in [5.41, 5.74) is 6.09. The Morgan fingerprint density at radius 1 is 1.28 bits per heavy atom. The van der Waals surface area contributed by atoms with Crippen molar-refractivity contribution in [1.82, 2.24) is 15.5 Å². The van der Waals surface area contributed by atoms with Gasteiger partial charge in [0, 0.05) is 11.6 Å². The Morgan fingerprint density at radius 2 is 2.17 bits per heavy atom. The third-order valence-corrected chi connectivity index (χ3v) is 3.75. The van der Waals surface area contributed by atoms with Crippen molar-refractivity contribution in [1.29, 1.82) is 0 Å². The molecule has 1 unspecified atom stereocenters. The third kappa shape index (κ3) is 1.95. The predicted octanol–water partition coefficient (Wildman–Crippen LogP) is 3.12. The standard InChI is InChI=1S/C15H19N3/c1-10-5-3-6-12(9-10)14-11(2)15(18-17-14)13-7-4-8-16-13/h3,5-6,9,13,16H,4,7-8H2,1-2H3,(H,17,18). The van der Waals surface area contributed by atoms with Gasteiger partial charge in [-0.1, -0.05) is 23.8 Å². The maximum atomic E-state index is 4.51. The molecule has 1 aliphatic heterocycles. The van der Waals surface area contributed by atoms with E-state index in [4.69, 9.17) is 0 Å². The van der Waals surface area contributed by atoms with Gasteiger partial charge >= 0.3 is 0 Å². The highest BCUT2D eigenvalue weighted by molar-refractivity contribution is 5.64. The van der Waals surface area contributed by atoms with Gasteiger partial charge < -0.3 is 5.32 Å². The Kier molecular flexibility index (Phi) is 2.92. The van der Waals surface area contributed by atoms with Crippen LogP contribution in [0.5, 0.6) is 0 Å². The van der Waals surface area contributed by atoms with E-state index in [1.165, 1.54) is 35.2 Å². The Bertz CT molecular complexity index is 551. The van der Waals surface area contributed by atoms with E-state index in [0.717, 1.165) is 12.2 Å². The normalized spacial score (nSPS) is 19.3. The highest BCUT2D eigenvalue weighted by Crippen LogP contribution is 2.30. The van der Waals surface area contributed by atoms with Crippen LogP contribution >= 0.6 is 0 Å². The van der Waals surface area contributed by atoms with Crippen LogP contribution in [0.15, 0.2) is 24.3 Å². The third-order valence-electron chi connectivity index (χ3n) is 3.75. The predicted molar refractivity (Wildman–Crippen MR) is 73.5 cm³/mol. The molecule has 94 valence electrons. The van der Waals surface area contributed by atoms with Crippen molar-refractivity contribution in [3.8, 4) is 11.3 Å². The minimum Gasteiger partial charge on any atom is -0.309 e. The monoisotopic (exact) mass is 241 g/mol. The fourth-order valence-corrected chi connectivity index (χ4v) is 2.76. The lowest BCUT2D eigenvalue weighted by Crippen LogP contribution is -2.14. The molecule has 1 fully saturated rings. The fraction of sp³-hybridized carbons (Fsp3) is 0.400. The summed E-state index contributed by atoms with van der Waals surface area (Å²) >= 11 is 0. The molecule has 1 aliphatic rings. The molecule has 2 aromatic rings. The van der Waals surface area contributed by atoms with Gasteiger partial charge in [0.05, 0.1) is 11.4 Å². The van der Waals surface area contributed by atoms with Crippen LogP contribution in [0.1, 0.15) is 35.7 Å². The van der Waals surface area contributed by atoms with Crippen LogP contribution < -0.4 is 5.32 Å². The lowest BCUT2D eigenvalue weighted by molar-refractivity contribution is 0.622. The molecule has 0 radical (unpaired) electrons. The number of nitrogens with one attached hydrogen (secondary N) is 2. The number of hydrogen-bond acceptors (Lipinski definition) is 2. The maximum Gasteiger partial charge on any atom is 0.0953 e. The van der Waals surface area contributed by atoms with Crippen molar-refractivity contribution in [2.45, 2.75) is 32.7 Å². The largest absolute Gasteiger partial charge is 0.309 e. The van der Waals surface area contributed by atoms with Gasteiger partial charge in [-0.3, -0.25) is 5.10 Å². The molecule has 1 aromatic carbocycles. The van der Waals surface area contributed by atoms with Crippen molar-refractivity contribution in [2.75, 3.05) is 6.54 Å². The van der Waals surface area contributed by atoms with Gasteiger partial charge in [-0.15, -0.1) is 0 Å². The van der Waals surface area contributed by atoms with E-state index in [1.54, 1.807) is 0 Å². The summed E-state index contributed by atoms with van der Waals surface area (Å²) in [7, 11) is 0. The summed E-state index contributed by atoms with van der Waals surface area (Å²) in [6.07, 6.45) is 2.46. The lowest BCUT2D eigenvalue weighted by atomic mass is 10.0. The van der Waals surface area contributed by atoms with Crippen LogP contribution in [0.4, 0.5) is 0 Å². The average molecular weight is 241 g/mol. The molecule has 2 heterocycles. The van der Waals surface area contributed by atoms with Gasteiger partial charge in [-0.05, 0) is 44.9 Å². The molecule has 0 amide bonds. The first-order valence-corrected chi connectivity index (χ1v) is 6.61. The number of rotatable bonds is 2. The molecular weight excluding hydrogens is 222 g/mol. The molecule has 0 aliphatic carbocycles. The van der Waals surface area contributed by atoms with Gasteiger partial charge in [-0.25, -0.2) is 0 Å². The highest BCUT2D eigenvalue weighted by Gasteiger charge is 2.22. The summed E-state index contributed by atoms with van der Waals surface area (Å²) in [6.45, 7) is 5.39. The lowest BCUT2D eigenvalue weighted by Gasteiger charge is -2.08. The molecule has 0 spiro atoms.